The van der Waals surface area contributed by atoms with Gasteiger partial charge in [-0.2, -0.15) is 18.2 Å². The molecule has 6 nitrogen and oxygen atoms in total. The molecular weight excluding hydrogens is 347 g/mol. The van der Waals surface area contributed by atoms with Gasteiger partial charge in [-0.15, -0.1) is 0 Å². The maximum atomic E-state index is 13.3. The molecular formula is C17H16F3N5O. The number of benzene rings is 1. The summed E-state index contributed by atoms with van der Waals surface area (Å²) in [6.07, 6.45) is 0.0493. The number of halogens is 3. The molecule has 0 saturated heterocycles. The van der Waals surface area contributed by atoms with Crippen LogP contribution in [0.4, 0.5) is 13.2 Å². The second kappa shape index (κ2) is 7.18. The molecule has 6 N–H and O–H groups in total. The van der Waals surface area contributed by atoms with Gasteiger partial charge in [0.2, 0.25) is 0 Å². The molecule has 1 aromatic carbocycles. The van der Waals surface area contributed by atoms with E-state index in [0.29, 0.717) is 10.4 Å². The SMILES string of the molecule is C=C/C=c1/cccc/c1=C(/N)n1cc(C(=O)N=C(N)N)c(C(F)(F)F)c1. The van der Waals surface area contributed by atoms with Gasteiger partial charge in [0.1, 0.15) is 5.82 Å². The number of hydrogen-bond acceptors (Lipinski definition) is 2. The maximum absolute atomic E-state index is 13.3. The number of hydrogen-bond donors (Lipinski definition) is 3. The number of alkyl halides is 3. The molecule has 26 heavy (non-hydrogen) atoms. The summed E-state index contributed by atoms with van der Waals surface area (Å²) in [5.74, 6) is -1.86. The third-order valence-electron chi connectivity index (χ3n) is 3.41. The highest BCUT2D eigenvalue weighted by molar-refractivity contribution is 6.03. The average molecular weight is 363 g/mol. The van der Waals surface area contributed by atoms with E-state index < -0.39 is 29.2 Å². The van der Waals surface area contributed by atoms with Crippen molar-refractivity contribution in [3.8, 4) is 0 Å². The molecule has 0 spiro atoms. The standard InChI is InChI=1S/C17H16F3N5O/c1-2-5-10-6-3-4-7-11(10)14(21)25-8-12(15(26)24-16(22)23)13(9-25)17(18,19)20/h2-9H,1,21H2,(H4,22,23,24,26)/b10-5-,14-11+. The van der Waals surface area contributed by atoms with Gasteiger partial charge < -0.3 is 21.8 Å². The van der Waals surface area contributed by atoms with Gasteiger partial charge in [0.25, 0.3) is 5.91 Å². The zero-order valence-electron chi connectivity index (χ0n) is 13.5. The minimum absolute atomic E-state index is 0.00653. The molecule has 2 aromatic rings. The number of amides is 1. The maximum Gasteiger partial charge on any atom is 0.418 e. The highest BCUT2D eigenvalue weighted by Gasteiger charge is 2.37. The number of rotatable bonds is 3. The van der Waals surface area contributed by atoms with E-state index >= 15 is 0 Å². The van der Waals surface area contributed by atoms with Crippen molar-refractivity contribution in [1.29, 1.82) is 0 Å². The first-order valence-electron chi connectivity index (χ1n) is 7.26. The summed E-state index contributed by atoms with van der Waals surface area (Å²) < 4.78 is 40.8. The van der Waals surface area contributed by atoms with Crippen LogP contribution in [0.25, 0.3) is 11.9 Å². The Kier molecular flexibility index (Phi) is 5.20. The Balaban J connectivity index is 2.77. The first-order chi connectivity index (χ1) is 12.1. The lowest BCUT2D eigenvalue weighted by atomic mass is 10.2. The number of carbonyl (C=O) groups is 1. The summed E-state index contributed by atoms with van der Waals surface area (Å²) in [5.41, 5.74) is 14.3. The van der Waals surface area contributed by atoms with Crippen molar-refractivity contribution in [3.05, 3.63) is 70.9 Å². The highest BCUT2D eigenvalue weighted by atomic mass is 19.4. The quantitative estimate of drug-likeness (QED) is 0.543. The molecule has 0 radical (unpaired) electrons. The van der Waals surface area contributed by atoms with Gasteiger partial charge in [0, 0.05) is 17.6 Å². The van der Waals surface area contributed by atoms with Crippen LogP contribution in [0.1, 0.15) is 15.9 Å². The van der Waals surface area contributed by atoms with Crippen LogP contribution >= 0.6 is 0 Å². The number of allylic oxidation sites excluding steroid dienone is 1. The molecule has 0 aliphatic rings. The molecule has 1 heterocycles. The van der Waals surface area contributed by atoms with Gasteiger partial charge in [-0.1, -0.05) is 43.0 Å². The number of nitrogens with two attached hydrogens (primary N) is 3. The minimum atomic E-state index is -4.79. The van der Waals surface area contributed by atoms with Crippen LogP contribution < -0.4 is 27.6 Å². The van der Waals surface area contributed by atoms with Gasteiger partial charge >= 0.3 is 6.18 Å². The summed E-state index contributed by atoms with van der Waals surface area (Å²) in [5, 5.41) is 1.12. The van der Waals surface area contributed by atoms with E-state index in [1.165, 1.54) is 6.08 Å². The van der Waals surface area contributed by atoms with Gasteiger partial charge in [-0.3, -0.25) is 4.79 Å². The average Bonchev–Trinajstić information content (AvgIpc) is 3.00. The zero-order chi connectivity index (χ0) is 19.5. The number of aliphatic imine (C=N–C) groups is 1. The van der Waals surface area contributed by atoms with E-state index in [9.17, 15) is 18.0 Å². The fourth-order valence-corrected chi connectivity index (χ4v) is 2.31. The first-order valence-corrected chi connectivity index (χ1v) is 7.26. The first kappa shape index (κ1) is 18.8. The topological polar surface area (TPSA) is 112 Å². The molecule has 0 unspecified atom stereocenters. The molecule has 0 aliphatic carbocycles. The predicted molar refractivity (Wildman–Crippen MR) is 92.9 cm³/mol. The lowest BCUT2D eigenvalue weighted by Crippen LogP contribution is -2.31. The van der Waals surface area contributed by atoms with Gasteiger partial charge in [-0.05, 0) is 5.22 Å². The van der Waals surface area contributed by atoms with E-state index in [2.05, 4.69) is 11.6 Å². The third-order valence-corrected chi connectivity index (χ3v) is 3.41. The van der Waals surface area contributed by atoms with E-state index in [1.807, 2.05) is 0 Å². The molecule has 136 valence electrons. The van der Waals surface area contributed by atoms with Crippen molar-refractivity contribution in [2.75, 3.05) is 0 Å². The van der Waals surface area contributed by atoms with Crippen molar-refractivity contribution in [3.63, 3.8) is 0 Å². The summed E-state index contributed by atoms with van der Waals surface area (Å²) in [4.78, 5) is 15.1. The van der Waals surface area contributed by atoms with Crippen molar-refractivity contribution >= 4 is 23.8 Å². The van der Waals surface area contributed by atoms with E-state index in [1.54, 1.807) is 30.3 Å². The van der Waals surface area contributed by atoms with Crippen molar-refractivity contribution < 1.29 is 18.0 Å². The smallest absolute Gasteiger partial charge is 0.384 e. The lowest BCUT2D eigenvalue weighted by Gasteiger charge is -2.05. The zero-order valence-corrected chi connectivity index (χ0v) is 13.5. The Morgan fingerprint density at radius 1 is 1.15 bits per heavy atom. The van der Waals surface area contributed by atoms with E-state index in [-0.39, 0.29) is 5.82 Å². The number of guanidine groups is 1. The van der Waals surface area contributed by atoms with Gasteiger partial charge in [0.05, 0.1) is 11.1 Å². The fourth-order valence-electron chi connectivity index (χ4n) is 2.31. The van der Waals surface area contributed by atoms with Gasteiger partial charge in [-0.25, -0.2) is 0 Å². The van der Waals surface area contributed by atoms with Crippen LogP contribution in [0.3, 0.4) is 0 Å². The van der Waals surface area contributed by atoms with Crippen molar-refractivity contribution in [1.82, 2.24) is 4.57 Å². The summed E-state index contributed by atoms with van der Waals surface area (Å²) in [7, 11) is 0. The van der Waals surface area contributed by atoms with Crippen LogP contribution in [0, 0.1) is 0 Å². The molecule has 0 saturated carbocycles. The molecule has 0 atom stereocenters. The second-order valence-corrected chi connectivity index (χ2v) is 5.21. The normalized spacial score (nSPS) is 13.3. The molecule has 0 fully saturated rings. The lowest BCUT2D eigenvalue weighted by molar-refractivity contribution is -0.137. The predicted octanol–water partition coefficient (Wildman–Crippen LogP) is 0.460. The van der Waals surface area contributed by atoms with Gasteiger partial charge in [0.15, 0.2) is 5.96 Å². The van der Waals surface area contributed by atoms with Crippen LogP contribution in [-0.2, 0) is 6.18 Å². The molecule has 1 amide bonds. The second-order valence-electron chi connectivity index (χ2n) is 5.21. The van der Waals surface area contributed by atoms with Crippen LogP contribution in [-0.4, -0.2) is 16.4 Å². The fraction of sp³-hybridized carbons (Fsp3) is 0.0588. The van der Waals surface area contributed by atoms with E-state index in [4.69, 9.17) is 17.2 Å². The number of aromatic nitrogens is 1. The van der Waals surface area contributed by atoms with Crippen LogP contribution in [0.2, 0.25) is 0 Å². The summed E-state index contributed by atoms with van der Waals surface area (Å²) >= 11 is 0. The Bertz CT molecular complexity index is 998. The number of carbonyl (C=O) groups excluding carboxylic acids is 1. The largest absolute Gasteiger partial charge is 0.418 e. The van der Waals surface area contributed by atoms with Crippen molar-refractivity contribution in [2.45, 2.75) is 6.18 Å². The molecule has 2 rings (SSSR count). The minimum Gasteiger partial charge on any atom is -0.384 e. The van der Waals surface area contributed by atoms with Crippen LogP contribution in [0.5, 0.6) is 0 Å². The van der Waals surface area contributed by atoms with E-state index in [0.717, 1.165) is 17.0 Å². The molecule has 9 heteroatoms. The van der Waals surface area contributed by atoms with Crippen LogP contribution in [0.15, 0.2) is 54.3 Å². The Hall–Kier alpha value is -3.49. The molecule has 1 aromatic heterocycles. The monoisotopic (exact) mass is 363 g/mol. The Morgan fingerprint density at radius 3 is 2.38 bits per heavy atom. The summed E-state index contributed by atoms with van der Waals surface area (Å²) in [6.45, 7) is 3.59. The molecule has 0 bridgehead atoms. The summed E-state index contributed by atoms with van der Waals surface area (Å²) in [6, 6.07) is 6.79. The molecule has 0 aliphatic heterocycles. The Morgan fingerprint density at radius 2 is 1.81 bits per heavy atom. The van der Waals surface area contributed by atoms with Crippen molar-refractivity contribution in [2.24, 2.45) is 22.2 Å². The number of nitrogens with zero attached hydrogens (tertiary/aromatic N) is 2. The highest BCUT2D eigenvalue weighted by Crippen LogP contribution is 2.33. The Labute approximate surface area is 146 Å². The third kappa shape index (κ3) is 3.94.